The van der Waals surface area contributed by atoms with E-state index in [9.17, 15) is 4.79 Å². The first-order chi connectivity index (χ1) is 9.15. The van der Waals surface area contributed by atoms with E-state index in [0.29, 0.717) is 12.3 Å². The Kier molecular flexibility index (Phi) is 2.91. The molecule has 0 aliphatic heterocycles. The average Bonchev–Trinajstić information content (AvgIpc) is 2.98. The van der Waals surface area contributed by atoms with Gasteiger partial charge in [-0.2, -0.15) is 0 Å². The molecular formula is C14H10BrNO3. The molecule has 3 aromatic rings. The van der Waals surface area contributed by atoms with Gasteiger partial charge < -0.3 is 14.1 Å². The molecule has 1 N–H and O–H groups in total. The third-order valence-electron chi connectivity index (χ3n) is 2.99. The van der Waals surface area contributed by atoms with Gasteiger partial charge in [0.05, 0.1) is 12.1 Å². The van der Waals surface area contributed by atoms with E-state index < -0.39 is 5.97 Å². The van der Waals surface area contributed by atoms with Crippen LogP contribution in [0.5, 0.6) is 0 Å². The van der Waals surface area contributed by atoms with Crippen molar-refractivity contribution in [2.24, 2.45) is 0 Å². The predicted molar refractivity (Wildman–Crippen MR) is 74.4 cm³/mol. The van der Waals surface area contributed by atoms with Crippen molar-refractivity contribution in [3.63, 3.8) is 0 Å². The van der Waals surface area contributed by atoms with Crippen LogP contribution >= 0.6 is 15.9 Å². The van der Waals surface area contributed by atoms with Gasteiger partial charge in [0.15, 0.2) is 0 Å². The highest BCUT2D eigenvalue weighted by Gasteiger charge is 2.10. The maximum atomic E-state index is 10.8. The molecule has 3 rings (SSSR count). The van der Waals surface area contributed by atoms with Crippen LogP contribution in [0, 0.1) is 0 Å². The molecule has 0 amide bonds. The van der Waals surface area contributed by atoms with E-state index >= 15 is 0 Å². The Balaban J connectivity index is 1.96. The SMILES string of the molecule is O=C(O)c1coc(Cn2ccc3c(Br)cccc32)c1. The number of aromatic nitrogens is 1. The number of benzene rings is 1. The minimum absolute atomic E-state index is 0.174. The molecule has 0 unspecified atom stereocenters. The lowest BCUT2D eigenvalue weighted by Crippen LogP contribution is -1.97. The van der Waals surface area contributed by atoms with Gasteiger partial charge in [-0.1, -0.05) is 22.0 Å². The summed E-state index contributed by atoms with van der Waals surface area (Å²) in [7, 11) is 0. The number of carbonyl (C=O) groups is 1. The lowest BCUT2D eigenvalue weighted by molar-refractivity contribution is 0.0696. The molecule has 0 atom stereocenters. The van der Waals surface area contributed by atoms with Gasteiger partial charge in [0, 0.05) is 21.6 Å². The van der Waals surface area contributed by atoms with Gasteiger partial charge in [0.25, 0.3) is 0 Å². The summed E-state index contributed by atoms with van der Waals surface area (Å²) in [6.45, 7) is 0.507. The van der Waals surface area contributed by atoms with E-state index in [2.05, 4.69) is 15.9 Å². The summed E-state index contributed by atoms with van der Waals surface area (Å²) in [5, 5.41) is 9.98. The third kappa shape index (κ3) is 2.17. The zero-order valence-electron chi connectivity index (χ0n) is 9.84. The highest BCUT2D eigenvalue weighted by molar-refractivity contribution is 9.10. The van der Waals surface area contributed by atoms with Crippen molar-refractivity contribution < 1.29 is 14.3 Å². The summed E-state index contributed by atoms with van der Waals surface area (Å²) in [6, 6.07) is 9.53. The summed E-state index contributed by atoms with van der Waals surface area (Å²) in [5.41, 5.74) is 1.25. The van der Waals surface area contributed by atoms with Gasteiger partial charge in [0.2, 0.25) is 0 Å². The van der Waals surface area contributed by atoms with Crippen molar-refractivity contribution in [1.82, 2.24) is 4.57 Å². The Bertz CT molecular complexity index is 757. The van der Waals surface area contributed by atoms with Crippen molar-refractivity contribution >= 4 is 32.8 Å². The average molecular weight is 320 g/mol. The standard InChI is InChI=1S/C14H10BrNO3/c15-12-2-1-3-13-11(12)4-5-16(13)7-10-6-9(8-19-10)14(17)18/h1-6,8H,7H2,(H,17,18). The van der Waals surface area contributed by atoms with E-state index in [4.69, 9.17) is 9.52 Å². The van der Waals surface area contributed by atoms with Crippen molar-refractivity contribution in [1.29, 1.82) is 0 Å². The minimum Gasteiger partial charge on any atom is -0.478 e. The quantitative estimate of drug-likeness (QED) is 0.800. The molecule has 0 radical (unpaired) electrons. The van der Waals surface area contributed by atoms with Crippen LogP contribution in [-0.4, -0.2) is 15.6 Å². The lowest BCUT2D eigenvalue weighted by atomic mass is 10.2. The summed E-state index contributed by atoms with van der Waals surface area (Å²) in [5.74, 6) is -0.356. The summed E-state index contributed by atoms with van der Waals surface area (Å²) >= 11 is 3.50. The first-order valence-corrected chi connectivity index (χ1v) is 6.48. The Morgan fingerprint density at radius 2 is 2.21 bits per heavy atom. The van der Waals surface area contributed by atoms with Gasteiger partial charge in [-0.3, -0.25) is 0 Å². The molecule has 0 saturated carbocycles. The van der Waals surface area contributed by atoms with E-state index in [1.54, 1.807) is 6.07 Å². The fraction of sp³-hybridized carbons (Fsp3) is 0.0714. The van der Waals surface area contributed by atoms with E-state index in [1.165, 1.54) is 6.26 Å². The largest absolute Gasteiger partial charge is 0.478 e. The predicted octanol–water partition coefficient (Wildman–Crippen LogP) is 3.74. The van der Waals surface area contributed by atoms with E-state index in [0.717, 1.165) is 15.4 Å². The molecule has 4 nitrogen and oxygen atoms in total. The molecular weight excluding hydrogens is 310 g/mol. The van der Waals surface area contributed by atoms with Crippen LogP contribution in [0.2, 0.25) is 0 Å². The number of aromatic carboxylic acids is 1. The molecule has 0 saturated heterocycles. The Morgan fingerprint density at radius 1 is 1.37 bits per heavy atom. The minimum atomic E-state index is -0.977. The van der Waals surface area contributed by atoms with Gasteiger partial charge in [-0.15, -0.1) is 0 Å². The first kappa shape index (κ1) is 12.0. The fourth-order valence-corrected chi connectivity index (χ4v) is 2.56. The maximum absolute atomic E-state index is 10.8. The maximum Gasteiger partial charge on any atom is 0.338 e. The molecule has 1 aromatic carbocycles. The molecule has 0 aliphatic rings. The van der Waals surface area contributed by atoms with Crippen LogP contribution < -0.4 is 0 Å². The van der Waals surface area contributed by atoms with Gasteiger partial charge in [-0.25, -0.2) is 4.79 Å². The monoisotopic (exact) mass is 319 g/mol. The second-order valence-electron chi connectivity index (χ2n) is 4.22. The highest BCUT2D eigenvalue weighted by Crippen LogP contribution is 2.25. The number of carboxylic acid groups (broad SMARTS) is 1. The van der Waals surface area contributed by atoms with Gasteiger partial charge in [0.1, 0.15) is 12.0 Å². The van der Waals surface area contributed by atoms with Gasteiger partial charge in [-0.05, 0) is 24.3 Å². The van der Waals surface area contributed by atoms with Crippen LogP contribution in [0.1, 0.15) is 16.1 Å². The molecule has 2 aromatic heterocycles. The molecule has 2 heterocycles. The molecule has 5 heteroatoms. The zero-order valence-corrected chi connectivity index (χ0v) is 11.4. The zero-order chi connectivity index (χ0) is 13.4. The molecule has 0 spiro atoms. The number of hydrogen-bond donors (Lipinski definition) is 1. The van der Waals surface area contributed by atoms with Crippen molar-refractivity contribution in [3.05, 3.63) is 58.6 Å². The third-order valence-corrected chi connectivity index (χ3v) is 3.68. The number of halogens is 1. The van der Waals surface area contributed by atoms with Gasteiger partial charge >= 0.3 is 5.97 Å². The van der Waals surface area contributed by atoms with Crippen LogP contribution in [0.25, 0.3) is 10.9 Å². The van der Waals surface area contributed by atoms with E-state index in [-0.39, 0.29) is 5.56 Å². The van der Waals surface area contributed by atoms with Crippen LogP contribution in [-0.2, 0) is 6.54 Å². The highest BCUT2D eigenvalue weighted by atomic mass is 79.9. The Labute approximate surface area is 117 Å². The smallest absolute Gasteiger partial charge is 0.338 e. The molecule has 96 valence electrons. The lowest BCUT2D eigenvalue weighted by Gasteiger charge is -2.03. The molecule has 0 bridgehead atoms. The summed E-state index contributed by atoms with van der Waals surface area (Å²) in [6.07, 6.45) is 3.22. The van der Waals surface area contributed by atoms with Crippen molar-refractivity contribution in [2.75, 3.05) is 0 Å². The number of carboxylic acids is 1. The second kappa shape index (κ2) is 4.59. The van der Waals surface area contributed by atoms with Crippen molar-refractivity contribution in [3.8, 4) is 0 Å². The van der Waals surface area contributed by atoms with Crippen LogP contribution in [0.4, 0.5) is 0 Å². The Hall–Kier alpha value is -2.01. The normalized spacial score (nSPS) is 11.0. The van der Waals surface area contributed by atoms with E-state index in [1.807, 2.05) is 35.0 Å². The topological polar surface area (TPSA) is 55.4 Å². The summed E-state index contributed by atoms with van der Waals surface area (Å²) in [4.78, 5) is 10.8. The number of fused-ring (bicyclic) bond motifs is 1. The molecule has 19 heavy (non-hydrogen) atoms. The number of hydrogen-bond acceptors (Lipinski definition) is 2. The van der Waals surface area contributed by atoms with Crippen LogP contribution in [0.3, 0.4) is 0 Å². The van der Waals surface area contributed by atoms with Crippen molar-refractivity contribution in [2.45, 2.75) is 6.54 Å². The fourth-order valence-electron chi connectivity index (χ4n) is 2.07. The summed E-state index contributed by atoms with van der Waals surface area (Å²) < 4.78 is 8.32. The molecule has 0 fully saturated rings. The Morgan fingerprint density at radius 3 is 2.95 bits per heavy atom. The first-order valence-electron chi connectivity index (χ1n) is 5.69. The van der Waals surface area contributed by atoms with Crippen LogP contribution in [0.15, 0.2) is 51.7 Å². The number of furan rings is 1. The molecule has 0 aliphatic carbocycles. The number of nitrogens with zero attached hydrogens (tertiary/aromatic N) is 1. The number of rotatable bonds is 3. The second-order valence-corrected chi connectivity index (χ2v) is 5.08.